The molecule has 0 atom stereocenters. The second kappa shape index (κ2) is 4.77. The van der Waals surface area contributed by atoms with Gasteiger partial charge in [0, 0.05) is 11.6 Å². The Hall–Kier alpha value is -1.89. The number of nitrogens with zero attached hydrogens (tertiary/aromatic N) is 1. The Morgan fingerprint density at radius 3 is 2.39 bits per heavy atom. The Morgan fingerprint density at radius 1 is 1.33 bits per heavy atom. The summed E-state index contributed by atoms with van der Waals surface area (Å²) >= 11 is 0.946. The van der Waals surface area contributed by atoms with Crippen molar-refractivity contribution < 1.29 is 23.2 Å². The number of hydrogen-bond donors (Lipinski definition) is 1. The standard InChI is InChI=1S/C11H7F2NO3S/c1-18-10-6(12)2-5(3-7(10)13)9-4-8(11(15)16)14-17-9/h2-4H,1H3,(H,15,16). The fourth-order valence-corrected chi connectivity index (χ4v) is 1.92. The number of carboxylic acid groups (broad SMARTS) is 1. The number of thioether (sulfide) groups is 1. The fourth-order valence-electron chi connectivity index (χ4n) is 1.41. The van der Waals surface area contributed by atoms with E-state index in [9.17, 15) is 13.6 Å². The monoisotopic (exact) mass is 271 g/mol. The molecule has 0 saturated heterocycles. The highest BCUT2D eigenvalue weighted by molar-refractivity contribution is 7.98. The topological polar surface area (TPSA) is 63.3 Å². The van der Waals surface area contributed by atoms with E-state index in [2.05, 4.69) is 5.16 Å². The summed E-state index contributed by atoms with van der Waals surface area (Å²) in [6, 6.07) is 3.25. The van der Waals surface area contributed by atoms with Crippen molar-refractivity contribution in [1.29, 1.82) is 0 Å². The van der Waals surface area contributed by atoms with E-state index in [1.165, 1.54) is 0 Å². The molecule has 94 valence electrons. The number of aromatic carboxylic acids is 1. The van der Waals surface area contributed by atoms with Crippen LogP contribution in [0.3, 0.4) is 0 Å². The Balaban J connectivity index is 2.47. The van der Waals surface area contributed by atoms with Gasteiger partial charge in [-0.25, -0.2) is 13.6 Å². The smallest absolute Gasteiger partial charge is 0.358 e. The Kier molecular flexibility index (Phi) is 3.33. The summed E-state index contributed by atoms with van der Waals surface area (Å²) in [5.74, 6) is -2.74. The van der Waals surface area contributed by atoms with Crippen LogP contribution in [0.25, 0.3) is 11.3 Å². The number of halogens is 2. The van der Waals surface area contributed by atoms with Crippen LogP contribution in [0.5, 0.6) is 0 Å². The molecule has 2 aromatic rings. The SMILES string of the molecule is CSc1c(F)cc(-c2cc(C(=O)O)no2)cc1F. The van der Waals surface area contributed by atoms with Crippen molar-refractivity contribution in [1.82, 2.24) is 5.16 Å². The highest BCUT2D eigenvalue weighted by atomic mass is 32.2. The van der Waals surface area contributed by atoms with Gasteiger partial charge in [-0.15, -0.1) is 11.8 Å². The van der Waals surface area contributed by atoms with Gasteiger partial charge in [0.05, 0.1) is 4.90 Å². The molecule has 18 heavy (non-hydrogen) atoms. The first-order valence-electron chi connectivity index (χ1n) is 4.76. The second-order valence-electron chi connectivity index (χ2n) is 3.35. The van der Waals surface area contributed by atoms with Gasteiger partial charge < -0.3 is 9.63 Å². The molecule has 0 unspecified atom stereocenters. The van der Waals surface area contributed by atoms with Crippen LogP contribution < -0.4 is 0 Å². The van der Waals surface area contributed by atoms with Crippen LogP contribution in [-0.2, 0) is 0 Å². The molecule has 1 aromatic heterocycles. The van der Waals surface area contributed by atoms with Crippen molar-refractivity contribution in [2.45, 2.75) is 4.90 Å². The van der Waals surface area contributed by atoms with E-state index in [0.29, 0.717) is 0 Å². The van der Waals surface area contributed by atoms with Gasteiger partial charge in [-0.2, -0.15) is 0 Å². The van der Waals surface area contributed by atoms with E-state index in [1.807, 2.05) is 0 Å². The van der Waals surface area contributed by atoms with Crippen LogP contribution in [0.4, 0.5) is 8.78 Å². The normalized spacial score (nSPS) is 10.6. The summed E-state index contributed by atoms with van der Waals surface area (Å²) in [4.78, 5) is 10.5. The first-order chi connectivity index (χ1) is 8.52. The molecular formula is C11H7F2NO3S. The first kappa shape index (κ1) is 12.6. The third-order valence-corrected chi connectivity index (χ3v) is 3.01. The van der Waals surface area contributed by atoms with Gasteiger partial charge in [-0.1, -0.05) is 5.16 Å². The summed E-state index contributed by atoms with van der Waals surface area (Å²) in [5, 5.41) is 11.9. The van der Waals surface area contributed by atoms with Gasteiger partial charge in [0.25, 0.3) is 0 Å². The van der Waals surface area contributed by atoms with Gasteiger partial charge >= 0.3 is 5.97 Å². The summed E-state index contributed by atoms with van der Waals surface area (Å²) in [6.07, 6.45) is 1.55. The largest absolute Gasteiger partial charge is 0.476 e. The van der Waals surface area contributed by atoms with Crippen LogP contribution in [0.15, 0.2) is 27.6 Å². The van der Waals surface area contributed by atoms with Crippen molar-refractivity contribution in [3.05, 3.63) is 35.5 Å². The molecular weight excluding hydrogens is 264 g/mol. The maximum Gasteiger partial charge on any atom is 0.358 e. The quantitative estimate of drug-likeness (QED) is 0.869. The van der Waals surface area contributed by atoms with Crippen LogP contribution in [0.1, 0.15) is 10.5 Å². The first-order valence-corrected chi connectivity index (χ1v) is 5.99. The number of hydrogen-bond acceptors (Lipinski definition) is 4. The van der Waals surface area contributed by atoms with Crippen molar-refractivity contribution in [3.63, 3.8) is 0 Å². The Morgan fingerprint density at radius 2 is 1.94 bits per heavy atom. The van der Waals surface area contributed by atoms with Gasteiger partial charge in [0.15, 0.2) is 11.5 Å². The third-order valence-electron chi connectivity index (χ3n) is 2.22. The molecule has 1 aromatic carbocycles. The van der Waals surface area contributed by atoms with Crippen LogP contribution in [0.2, 0.25) is 0 Å². The second-order valence-corrected chi connectivity index (χ2v) is 4.17. The zero-order chi connectivity index (χ0) is 13.3. The van der Waals surface area contributed by atoms with E-state index < -0.39 is 17.6 Å². The molecule has 2 rings (SSSR count). The number of carbonyl (C=O) groups is 1. The van der Waals surface area contributed by atoms with Crippen LogP contribution >= 0.6 is 11.8 Å². The lowest BCUT2D eigenvalue weighted by atomic mass is 10.1. The molecule has 0 spiro atoms. The van der Waals surface area contributed by atoms with Crippen LogP contribution in [0, 0.1) is 11.6 Å². The molecule has 7 heteroatoms. The fraction of sp³-hybridized carbons (Fsp3) is 0.0909. The van der Waals surface area contributed by atoms with Crippen molar-refractivity contribution >= 4 is 17.7 Å². The number of carboxylic acids is 1. The predicted molar refractivity (Wildman–Crippen MR) is 60.6 cm³/mol. The lowest BCUT2D eigenvalue weighted by molar-refractivity contribution is 0.0686. The van der Waals surface area contributed by atoms with E-state index in [4.69, 9.17) is 9.63 Å². The minimum absolute atomic E-state index is 0.00199. The number of aromatic nitrogens is 1. The zero-order valence-electron chi connectivity index (χ0n) is 9.11. The molecule has 0 amide bonds. The van der Waals surface area contributed by atoms with E-state index >= 15 is 0 Å². The predicted octanol–water partition coefficient (Wildman–Crippen LogP) is 3.04. The van der Waals surface area contributed by atoms with Crippen LogP contribution in [-0.4, -0.2) is 22.5 Å². The average molecular weight is 271 g/mol. The van der Waals surface area contributed by atoms with E-state index in [0.717, 1.165) is 30.0 Å². The average Bonchev–Trinajstić information content (AvgIpc) is 2.77. The van der Waals surface area contributed by atoms with E-state index in [-0.39, 0.29) is 21.9 Å². The van der Waals surface area contributed by atoms with Gasteiger partial charge in [-0.3, -0.25) is 0 Å². The van der Waals surface area contributed by atoms with Crippen molar-refractivity contribution in [2.24, 2.45) is 0 Å². The third kappa shape index (κ3) is 2.21. The van der Waals surface area contributed by atoms with Gasteiger partial charge in [0.2, 0.25) is 0 Å². The molecule has 0 aliphatic rings. The Labute approximate surface area is 105 Å². The summed E-state index contributed by atoms with van der Waals surface area (Å²) in [5.41, 5.74) is -0.220. The van der Waals surface area contributed by atoms with E-state index in [1.54, 1.807) is 6.26 Å². The molecule has 0 aliphatic carbocycles. The van der Waals surface area contributed by atoms with Crippen molar-refractivity contribution in [3.8, 4) is 11.3 Å². The maximum absolute atomic E-state index is 13.5. The lowest BCUT2D eigenvalue weighted by Crippen LogP contribution is -1.94. The minimum Gasteiger partial charge on any atom is -0.476 e. The number of benzene rings is 1. The lowest BCUT2D eigenvalue weighted by Gasteiger charge is -2.03. The number of rotatable bonds is 3. The highest BCUT2D eigenvalue weighted by Gasteiger charge is 2.16. The summed E-state index contributed by atoms with van der Waals surface area (Å²) in [7, 11) is 0. The van der Waals surface area contributed by atoms with Gasteiger partial charge in [-0.05, 0) is 18.4 Å². The molecule has 4 nitrogen and oxygen atoms in total. The summed E-state index contributed by atoms with van der Waals surface area (Å²) < 4.78 is 31.8. The maximum atomic E-state index is 13.5. The minimum atomic E-state index is -1.27. The molecule has 0 aliphatic heterocycles. The molecule has 1 heterocycles. The molecule has 0 radical (unpaired) electrons. The molecule has 1 N–H and O–H groups in total. The molecule has 0 fully saturated rings. The zero-order valence-corrected chi connectivity index (χ0v) is 9.92. The Bertz CT molecular complexity index is 589. The van der Waals surface area contributed by atoms with Gasteiger partial charge in [0.1, 0.15) is 11.6 Å². The molecule has 0 saturated carbocycles. The highest BCUT2D eigenvalue weighted by Crippen LogP contribution is 2.29. The molecule has 0 bridgehead atoms. The summed E-state index contributed by atoms with van der Waals surface area (Å²) in [6.45, 7) is 0. The van der Waals surface area contributed by atoms with Crippen molar-refractivity contribution in [2.75, 3.05) is 6.26 Å².